The third-order valence-electron chi connectivity index (χ3n) is 4.05. The van der Waals surface area contributed by atoms with Crippen molar-refractivity contribution in [3.63, 3.8) is 0 Å². The zero-order chi connectivity index (χ0) is 17.5. The van der Waals surface area contributed by atoms with Gasteiger partial charge in [-0.25, -0.2) is 4.99 Å². The van der Waals surface area contributed by atoms with Crippen molar-refractivity contribution in [2.75, 3.05) is 6.61 Å². The average Bonchev–Trinajstić information content (AvgIpc) is 2.90. The lowest BCUT2D eigenvalue weighted by atomic mass is 10.1. The van der Waals surface area contributed by atoms with Crippen LogP contribution in [0.2, 0.25) is 0 Å². The van der Waals surface area contributed by atoms with E-state index in [-0.39, 0.29) is 5.54 Å². The number of hydrogen-bond donors (Lipinski definition) is 0. The summed E-state index contributed by atoms with van der Waals surface area (Å²) in [5.41, 5.74) is -0.00767. The third kappa shape index (κ3) is 11.3. The summed E-state index contributed by atoms with van der Waals surface area (Å²) in [4.78, 5) is 4.59. The molecular formula is C22H37NO. The molecule has 0 spiro atoms. The molecule has 0 saturated heterocycles. The molecule has 0 N–H and O–H groups in total. The summed E-state index contributed by atoms with van der Waals surface area (Å²) in [6.45, 7) is 7.24. The number of ether oxygens (including phenoxy) is 1. The molecule has 1 aliphatic heterocycles. The minimum Gasteiger partial charge on any atom is -0.478 e. The molecule has 24 heavy (non-hydrogen) atoms. The highest BCUT2D eigenvalue weighted by atomic mass is 16.5. The number of allylic oxidation sites excluding steroid dienone is 6. The van der Waals surface area contributed by atoms with E-state index >= 15 is 0 Å². The van der Waals surface area contributed by atoms with Crippen LogP contribution < -0.4 is 0 Å². The Hall–Kier alpha value is -1.31. The van der Waals surface area contributed by atoms with Crippen molar-refractivity contribution in [2.45, 2.75) is 90.5 Å². The highest BCUT2D eigenvalue weighted by molar-refractivity contribution is 5.78. The van der Waals surface area contributed by atoms with Gasteiger partial charge in [0.1, 0.15) is 6.61 Å². The van der Waals surface area contributed by atoms with E-state index in [1.54, 1.807) is 0 Å². The van der Waals surface area contributed by atoms with Gasteiger partial charge in [0.2, 0.25) is 0 Å². The molecule has 0 aromatic carbocycles. The number of aliphatic imine (C=N–C) groups is 1. The molecule has 1 aliphatic rings. The summed E-state index contributed by atoms with van der Waals surface area (Å²) in [6.07, 6.45) is 25.5. The van der Waals surface area contributed by atoms with E-state index < -0.39 is 0 Å². The minimum absolute atomic E-state index is 0.00767. The first-order chi connectivity index (χ1) is 11.6. The molecule has 0 bridgehead atoms. The van der Waals surface area contributed by atoms with Crippen molar-refractivity contribution >= 4 is 5.90 Å². The van der Waals surface area contributed by atoms with Crippen LogP contribution in [0.3, 0.4) is 0 Å². The highest BCUT2D eigenvalue weighted by Gasteiger charge is 2.25. The predicted molar refractivity (Wildman–Crippen MR) is 107 cm³/mol. The zero-order valence-electron chi connectivity index (χ0n) is 16.1. The Labute approximate surface area is 149 Å². The molecule has 2 nitrogen and oxygen atoms in total. The summed E-state index contributed by atoms with van der Waals surface area (Å²) < 4.78 is 5.60. The molecule has 0 amide bonds. The standard InChI is InChI=1S/C22H37NO/c1-4-5-6-7-8-9-10-11-12-13-14-15-16-17-18-19-21-23-22(2,3)20-24-21/h8-9,11-12,14-15H,4-7,10,13,16-20H2,1-3H3/b9-8-,12-11-,15-14-. The monoisotopic (exact) mass is 331 g/mol. The fraction of sp³-hybridized carbons (Fsp3) is 0.682. The van der Waals surface area contributed by atoms with E-state index in [0.717, 1.165) is 44.6 Å². The van der Waals surface area contributed by atoms with Crippen LogP contribution in [0.25, 0.3) is 0 Å². The smallest absolute Gasteiger partial charge is 0.183 e. The van der Waals surface area contributed by atoms with Crippen LogP contribution >= 0.6 is 0 Å². The molecule has 1 rings (SSSR count). The fourth-order valence-corrected chi connectivity index (χ4v) is 2.62. The maximum absolute atomic E-state index is 5.60. The summed E-state index contributed by atoms with van der Waals surface area (Å²) in [6, 6.07) is 0. The molecule has 0 aromatic rings. The molecule has 1 heterocycles. The summed E-state index contributed by atoms with van der Waals surface area (Å²) in [7, 11) is 0. The number of rotatable bonds is 13. The SMILES string of the molecule is CCCCC/C=C\C/C=C\C/C=C\CCCCC1=NC(C)(C)CO1. The molecule has 0 radical (unpaired) electrons. The Balaban J connectivity index is 1.92. The summed E-state index contributed by atoms with van der Waals surface area (Å²) in [5.74, 6) is 0.953. The second-order valence-corrected chi connectivity index (χ2v) is 7.23. The predicted octanol–water partition coefficient (Wildman–Crippen LogP) is 6.78. The lowest BCUT2D eigenvalue weighted by molar-refractivity contribution is 0.273. The first-order valence-electron chi connectivity index (χ1n) is 9.80. The number of nitrogens with zero attached hydrogens (tertiary/aromatic N) is 1. The Morgan fingerprint density at radius 1 is 0.875 bits per heavy atom. The van der Waals surface area contributed by atoms with Crippen molar-refractivity contribution < 1.29 is 4.74 Å². The van der Waals surface area contributed by atoms with Gasteiger partial charge in [-0.2, -0.15) is 0 Å². The first-order valence-corrected chi connectivity index (χ1v) is 9.80. The van der Waals surface area contributed by atoms with Gasteiger partial charge in [-0.1, -0.05) is 56.2 Å². The molecule has 0 atom stereocenters. The van der Waals surface area contributed by atoms with Crippen molar-refractivity contribution in [2.24, 2.45) is 4.99 Å². The van der Waals surface area contributed by atoms with Crippen LogP contribution in [0.15, 0.2) is 41.4 Å². The second-order valence-electron chi connectivity index (χ2n) is 7.23. The van der Waals surface area contributed by atoms with Gasteiger partial charge in [0.05, 0.1) is 5.54 Å². The minimum atomic E-state index is -0.00767. The van der Waals surface area contributed by atoms with Gasteiger partial charge in [-0.05, 0) is 58.8 Å². The topological polar surface area (TPSA) is 21.6 Å². The molecule has 0 aliphatic carbocycles. The lowest BCUT2D eigenvalue weighted by Crippen LogP contribution is -2.17. The van der Waals surface area contributed by atoms with Crippen LogP contribution in [-0.4, -0.2) is 18.0 Å². The van der Waals surface area contributed by atoms with Gasteiger partial charge < -0.3 is 4.74 Å². The van der Waals surface area contributed by atoms with E-state index in [4.69, 9.17) is 4.74 Å². The fourth-order valence-electron chi connectivity index (χ4n) is 2.62. The van der Waals surface area contributed by atoms with Crippen LogP contribution in [0.4, 0.5) is 0 Å². The van der Waals surface area contributed by atoms with Gasteiger partial charge in [-0.15, -0.1) is 0 Å². The molecular weight excluding hydrogens is 294 g/mol. The van der Waals surface area contributed by atoms with Crippen LogP contribution in [0, 0.1) is 0 Å². The number of unbranched alkanes of at least 4 members (excludes halogenated alkanes) is 5. The first kappa shape index (κ1) is 20.7. The quantitative estimate of drug-likeness (QED) is 0.269. The highest BCUT2D eigenvalue weighted by Crippen LogP contribution is 2.19. The lowest BCUT2D eigenvalue weighted by Gasteiger charge is -2.07. The van der Waals surface area contributed by atoms with Crippen LogP contribution in [-0.2, 0) is 4.74 Å². The summed E-state index contributed by atoms with van der Waals surface area (Å²) in [5, 5.41) is 0. The third-order valence-corrected chi connectivity index (χ3v) is 4.05. The van der Waals surface area contributed by atoms with Gasteiger partial charge in [-0.3, -0.25) is 0 Å². The van der Waals surface area contributed by atoms with Gasteiger partial charge >= 0.3 is 0 Å². The Bertz CT molecular complexity index is 429. The maximum atomic E-state index is 5.60. The molecule has 0 saturated carbocycles. The maximum Gasteiger partial charge on any atom is 0.183 e. The Morgan fingerprint density at radius 2 is 1.46 bits per heavy atom. The van der Waals surface area contributed by atoms with Gasteiger partial charge in [0, 0.05) is 6.42 Å². The van der Waals surface area contributed by atoms with E-state index in [1.165, 1.54) is 32.1 Å². The van der Waals surface area contributed by atoms with Crippen molar-refractivity contribution in [1.82, 2.24) is 0 Å². The van der Waals surface area contributed by atoms with E-state index in [1.807, 2.05) is 0 Å². The van der Waals surface area contributed by atoms with Crippen molar-refractivity contribution in [1.29, 1.82) is 0 Å². The molecule has 136 valence electrons. The number of hydrogen-bond acceptors (Lipinski definition) is 2. The molecule has 0 unspecified atom stereocenters. The van der Waals surface area contributed by atoms with E-state index in [2.05, 4.69) is 62.2 Å². The van der Waals surface area contributed by atoms with Crippen LogP contribution in [0.5, 0.6) is 0 Å². The Kier molecular flexibility index (Phi) is 11.3. The Morgan fingerprint density at radius 3 is 2.00 bits per heavy atom. The average molecular weight is 332 g/mol. The second kappa shape index (κ2) is 13.0. The van der Waals surface area contributed by atoms with Crippen molar-refractivity contribution in [3.8, 4) is 0 Å². The molecule has 2 heteroatoms. The molecule has 0 fully saturated rings. The van der Waals surface area contributed by atoms with Gasteiger partial charge in [0.15, 0.2) is 5.90 Å². The van der Waals surface area contributed by atoms with Crippen molar-refractivity contribution in [3.05, 3.63) is 36.5 Å². The molecule has 0 aromatic heterocycles. The normalized spacial score (nSPS) is 17.2. The largest absolute Gasteiger partial charge is 0.478 e. The summed E-state index contributed by atoms with van der Waals surface area (Å²) >= 11 is 0. The zero-order valence-corrected chi connectivity index (χ0v) is 16.1. The van der Waals surface area contributed by atoms with E-state index in [9.17, 15) is 0 Å². The van der Waals surface area contributed by atoms with Gasteiger partial charge in [0.25, 0.3) is 0 Å². The van der Waals surface area contributed by atoms with Crippen LogP contribution in [0.1, 0.15) is 85.0 Å². The van der Waals surface area contributed by atoms with E-state index in [0.29, 0.717) is 0 Å².